The Bertz CT molecular complexity index is 1390. The lowest BCUT2D eigenvalue weighted by Gasteiger charge is -2.29. The van der Waals surface area contributed by atoms with E-state index in [0.717, 1.165) is 50.4 Å². The Morgan fingerprint density at radius 2 is 1.77 bits per heavy atom. The molecule has 9 heteroatoms. The van der Waals surface area contributed by atoms with Crippen molar-refractivity contribution in [1.82, 2.24) is 4.90 Å². The number of nitrogens with zero attached hydrogens (tertiary/aromatic N) is 3. The van der Waals surface area contributed by atoms with Crippen LogP contribution < -0.4 is 10.2 Å². The number of allylic oxidation sites excluding steroid dienone is 2. The van der Waals surface area contributed by atoms with E-state index in [4.69, 9.17) is 4.99 Å². The largest absolute Gasteiger partial charge is 0.416 e. The summed E-state index contributed by atoms with van der Waals surface area (Å²) < 4.78 is 56.7. The number of halogens is 4. The van der Waals surface area contributed by atoms with E-state index in [1.54, 1.807) is 31.2 Å². The lowest BCUT2D eigenvalue weighted by atomic mass is 10.0. The van der Waals surface area contributed by atoms with Gasteiger partial charge in [0.15, 0.2) is 0 Å². The predicted octanol–water partition coefficient (Wildman–Crippen LogP) is 9.25. The number of amidine groups is 1. The number of nitrogens with one attached hydrogen (secondary N) is 1. The van der Waals surface area contributed by atoms with Gasteiger partial charge in [-0.2, -0.15) is 13.2 Å². The molecule has 0 saturated carbocycles. The average molecular weight is 599 g/mol. The first-order valence-corrected chi connectivity index (χ1v) is 14.9. The molecule has 232 valence electrons. The lowest BCUT2D eigenvalue weighted by molar-refractivity contribution is -0.138. The van der Waals surface area contributed by atoms with Crippen molar-refractivity contribution in [3.8, 4) is 0 Å². The van der Waals surface area contributed by atoms with Gasteiger partial charge in [0.05, 0.1) is 17.8 Å². The molecule has 2 aromatic carbocycles. The van der Waals surface area contributed by atoms with Crippen LogP contribution >= 0.6 is 0 Å². The minimum atomic E-state index is -4.57. The number of unbranched alkanes of at least 4 members (excludes halogenated alkanes) is 2. The fraction of sp³-hybridized carbons (Fsp3) is 0.412. The topological polar surface area (TPSA) is 47.9 Å². The molecular weight excluding hydrogens is 556 g/mol. The number of aliphatic imine (C=N–C) groups is 1. The third kappa shape index (κ3) is 8.81. The van der Waals surface area contributed by atoms with Crippen molar-refractivity contribution in [2.75, 3.05) is 23.3 Å². The molecule has 0 radical (unpaired) electrons. The fourth-order valence-electron chi connectivity index (χ4n) is 4.85. The number of alkyl halides is 3. The van der Waals surface area contributed by atoms with E-state index in [0.29, 0.717) is 29.2 Å². The van der Waals surface area contributed by atoms with Crippen LogP contribution in [0.3, 0.4) is 0 Å². The summed E-state index contributed by atoms with van der Waals surface area (Å²) in [5, 5.41) is 3.21. The summed E-state index contributed by atoms with van der Waals surface area (Å²) in [4.78, 5) is 21.2. The molecule has 0 aliphatic carbocycles. The second-order valence-electron chi connectivity index (χ2n) is 10.6. The van der Waals surface area contributed by atoms with Crippen molar-refractivity contribution in [3.63, 3.8) is 0 Å². The van der Waals surface area contributed by atoms with Crippen molar-refractivity contribution in [2.24, 2.45) is 4.99 Å². The van der Waals surface area contributed by atoms with Gasteiger partial charge < -0.3 is 10.2 Å². The third-order valence-corrected chi connectivity index (χ3v) is 7.38. The molecule has 5 nitrogen and oxygen atoms in total. The Morgan fingerprint density at radius 1 is 1.02 bits per heavy atom. The van der Waals surface area contributed by atoms with E-state index >= 15 is 4.39 Å². The highest BCUT2D eigenvalue weighted by Gasteiger charge is 2.35. The summed E-state index contributed by atoms with van der Waals surface area (Å²) in [6.07, 6.45) is 4.75. The van der Waals surface area contributed by atoms with Crippen LogP contribution in [0.4, 0.5) is 28.9 Å². The predicted molar refractivity (Wildman–Crippen MR) is 167 cm³/mol. The molecule has 1 heterocycles. The minimum Gasteiger partial charge on any atom is -0.369 e. The summed E-state index contributed by atoms with van der Waals surface area (Å²) in [7, 11) is 0. The van der Waals surface area contributed by atoms with Gasteiger partial charge in [0.25, 0.3) is 5.91 Å². The molecule has 0 atom stereocenters. The molecule has 1 amide bonds. The van der Waals surface area contributed by atoms with Crippen LogP contribution in [-0.2, 0) is 17.5 Å². The standard InChI is InChI=1S/C34H42F4N4O/c1-6-10-13-21-41(20-7-2)30-18-17-27(22-29(30)35)39-32(24(5)8-3)40-33-25(9-4)16-19-31(43)42(33)23-26-14-11-12-15-28(26)34(36,37)38/h9,11-12,14-19,22,39H,6-8,10,13,20-21,23H2,1-5H3/b25-9-,32-24+,40-33+. The van der Waals surface area contributed by atoms with E-state index in [9.17, 15) is 18.0 Å². The Morgan fingerprint density at radius 3 is 2.40 bits per heavy atom. The maximum absolute atomic E-state index is 15.4. The summed E-state index contributed by atoms with van der Waals surface area (Å²) in [5.74, 6) is -0.227. The summed E-state index contributed by atoms with van der Waals surface area (Å²) in [5.41, 5.74) is 1.59. The first kappa shape index (κ1) is 33.6. The van der Waals surface area contributed by atoms with Crippen LogP contribution in [0.1, 0.15) is 77.8 Å². The Balaban J connectivity index is 2.00. The number of carbonyl (C=O) groups excluding carboxylic acids is 1. The van der Waals surface area contributed by atoms with E-state index in [2.05, 4.69) is 24.1 Å². The van der Waals surface area contributed by atoms with Crippen molar-refractivity contribution < 1.29 is 22.4 Å². The van der Waals surface area contributed by atoms with E-state index in [1.807, 2.05) is 13.8 Å². The molecule has 0 saturated heterocycles. The number of benzene rings is 2. The number of carbonyl (C=O) groups is 1. The molecule has 3 rings (SSSR count). The number of rotatable bonds is 13. The van der Waals surface area contributed by atoms with Gasteiger partial charge in [0.1, 0.15) is 17.5 Å². The zero-order valence-electron chi connectivity index (χ0n) is 25.7. The molecule has 1 aliphatic heterocycles. The number of amides is 1. The molecule has 2 aromatic rings. The number of hydrogen-bond donors (Lipinski definition) is 1. The number of hydrogen-bond acceptors (Lipinski definition) is 4. The molecule has 0 aromatic heterocycles. The van der Waals surface area contributed by atoms with Gasteiger partial charge in [-0.1, -0.05) is 57.9 Å². The highest BCUT2D eigenvalue weighted by molar-refractivity contribution is 6.15. The van der Waals surface area contributed by atoms with E-state index in [-0.39, 0.29) is 23.8 Å². The first-order chi connectivity index (χ1) is 20.5. The van der Waals surface area contributed by atoms with Crippen molar-refractivity contribution in [3.05, 3.63) is 94.6 Å². The maximum atomic E-state index is 15.4. The zero-order chi connectivity index (χ0) is 31.6. The van der Waals surface area contributed by atoms with Crippen LogP contribution in [0, 0.1) is 5.82 Å². The van der Waals surface area contributed by atoms with Gasteiger partial charge in [0.2, 0.25) is 0 Å². The Hall–Kier alpha value is -3.88. The lowest BCUT2D eigenvalue weighted by Crippen LogP contribution is -2.39. The quantitative estimate of drug-likeness (QED) is 0.185. The van der Waals surface area contributed by atoms with Crippen LogP contribution in [0.2, 0.25) is 0 Å². The van der Waals surface area contributed by atoms with Gasteiger partial charge in [-0.25, -0.2) is 9.38 Å². The first-order valence-electron chi connectivity index (χ1n) is 14.9. The number of anilines is 2. The minimum absolute atomic E-state index is 0.0410. The molecule has 0 unspecified atom stereocenters. The molecule has 43 heavy (non-hydrogen) atoms. The van der Waals surface area contributed by atoms with Crippen molar-refractivity contribution in [2.45, 2.75) is 79.4 Å². The maximum Gasteiger partial charge on any atom is 0.416 e. The molecule has 1 N–H and O–H groups in total. The average Bonchev–Trinajstić information content (AvgIpc) is 2.97. The van der Waals surface area contributed by atoms with Gasteiger partial charge >= 0.3 is 6.18 Å². The van der Waals surface area contributed by atoms with Crippen molar-refractivity contribution >= 4 is 23.1 Å². The van der Waals surface area contributed by atoms with Crippen LogP contribution in [0.25, 0.3) is 0 Å². The highest BCUT2D eigenvalue weighted by Crippen LogP contribution is 2.33. The normalized spacial score (nSPS) is 16.2. The van der Waals surface area contributed by atoms with Crippen molar-refractivity contribution in [1.29, 1.82) is 0 Å². The molecule has 0 fully saturated rings. The van der Waals surface area contributed by atoms with Crippen LogP contribution in [0.5, 0.6) is 0 Å². The fourth-order valence-corrected chi connectivity index (χ4v) is 4.85. The van der Waals surface area contributed by atoms with E-state index < -0.39 is 17.6 Å². The third-order valence-electron chi connectivity index (χ3n) is 7.38. The highest BCUT2D eigenvalue weighted by atomic mass is 19.4. The summed E-state index contributed by atoms with van der Waals surface area (Å²) >= 11 is 0. The summed E-state index contributed by atoms with van der Waals surface area (Å²) in [6.45, 7) is 11.0. The van der Waals surface area contributed by atoms with Gasteiger partial charge in [-0.05, 0) is 74.6 Å². The SMILES string of the molecule is C/C=C1/C=CC(=O)N(Cc2ccccc2C(F)(F)F)/C1=N/C(Nc1ccc(N(CCC)CCCCC)c(F)c1)=C(\C)CC. The second kappa shape index (κ2) is 15.5. The van der Waals surface area contributed by atoms with Gasteiger partial charge in [-0.3, -0.25) is 9.69 Å². The zero-order valence-corrected chi connectivity index (χ0v) is 25.7. The summed E-state index contributed by atoms with van der Waals surface area (Å²) in [6, 6.07) is 10.2. The molecule has 0 spiro atoms. The van der Waals surface area contributed by atoms with E-state index in [1.165, 1.54) is 35.2 Å². The smallest absolute Gasteiger partial charge is 0.369 e. The van der Waals surface area contributed by atoms with Gasteiger partial charge in [-0.15, -0.1) is 0 Å². The molecule has 0 bridgehead atoms. The molecule has 1 aliphatic rings. The Labute approximate surface area is 252 Å². The van der Waals surface area contributed by atoms with Crippen LogP contribution in [0.15, 0.2) is 82.7 Å². The second-order valence-corrected chi connectivity index (χ2v) is 10.6. The van der Waals surface area contributed by atoms with Gasteiger partial charge in [0, 0.05) is 30.4 Å². The van der Waals surface area contributed by atoms with Crippen LogP contribution in [-0.4, -0.2) is 29.7 Å². The monoisotopic (exact) mass is 598 g/mol. The Kier molecular flexibility index (Phi) is 12.2. The molecular formula is C34H42F4N4O.